The van der Waals surface area contributed by atoms with Crippen LogP contribution in [0.25, 0.3) is 5.82 Å². The molecule has 7 nitrogen and oxygen atoms in total. The van der Waals surface area contributed by atoms with Crippen LogP contribution in [0.2, 0.25) is 0 Å². The van der Waals surface area contributed by atoms with Crippen LogP contribution in [0.3, 0.4) is 0 Å². The predicted octanol–water partition coefficient (Wildman–Crippen LogP) is 3.13. The number of aromatic nitrogens is 2. The maximum atomic E-state index is 12.2. The van der Waals surface area contributed by atoms with Crippen LogP contribution < -0.4 is 4.90 Å². The third-order valence-corrected chi connectivity index (χ3v) is 4.33. The van der Waals surface area contributed by atoms with Gasteiger partial charge in [-0.2, -0.15) is 0 Å². The van der Waals surface area contributed by atoms with Crippen molar-refractivity contribution in [2.45, 2.75) is 33.3 Å². The number of anilines is 1. The molecule has 0 radical (unpaired) electrons. The maximum Gasteiger partial charge on any atom is 0.410 e. The largest absolute Gasteiger partial charge is 0.444 e. The molecule has 0 spiro atoms. The summed E-state index contributed by atoms with van der Waals surface area (Å²) in [4.78, 5) is 32.6. The number of pyridine rings is 1. The standard InChI is InChI=1S/C20H26N4O3/c1-15(25)16-7-6-10-24(16)18-9-5-8-17(21-18)22-11-13-23(14-12-22)19(26)27-20(2,3)4/h5-10H,11-14H2,1-4H3. The van der Waals surface area contributed by atoms with Crippen LogP contribution in [-0.2, 0) is 4.74 Å². The van der Waals surface area contributed by atoms with Gasteiger partial charge in [0.2, 0.25) is 0 Å². The molecule has 144 valence electrons. The Morgan fingerprint density at radius 3 is 2.30 bits per heavy atom. The first-order valence-corrected chi connectivity index (χ1v) is 9.13. The monoisotopic (exact) mass is 370 g/mol. The zero-order chi connectivity index (χ0) is 19.6. The van der Waals surface area contributed by atoms with E-state index in [9.17, 15) is 9.59 Å². The second-order valence-electron chi connectivity index (χ2n) is 7.63. The second-order valence-corrected chi connectivity index (χ2v) is 7.63. The maximum absolute atomic E-state index is 12.2. The Hall–Kier alpha value is -2.83. The molecule has 1 aliphatic rings. The smallest absolute Gasteiger partial charge is 0.410 e. The van der Waals surface area contributed by atoms with E-state index in [1.807, 2.05) is 51.2 Å². The van der Waals surface area contributed by atoms with Gasteiger partial charge in [0.25, 0.3) is 0 Å². The van der Waals surface area contributed by atoms with Gasteiger partial charge in [0.1, 0.15) is 17.2 Å². The summed E-state index contributed by atoms with van der Waals surface area (Å²) in [5.74, 6) is 1.54. The molecular formula is C20H26N4O3. The molecule has 3 heterocycles. The van der Waals surface area contributed by atoms with Gasteiger partial charge in [0, 0.05) is 39.3 Å². The normalized spacial score (nSPS) is 15.0. The molecule has 0 bridgehead atoms. The highest BCUT2D eigenvalue weighted by molar-refractivity contribution is 5.93. The van der Waals surface area contributed by atoms with E-state index in [1.54, 1.807) is 22.5 Å². The van der Waals surface area contributed by atoms with Crippen molar-refractivity contribution < 1.29 is 14.3 Å². The van der Waals surface area contributed by atoms with Crippen molar-refractivity contribution in [1.82, 2.24) is 14.5 Å². The molecule has 7 heteroatoms. The van der Waals surface area contributed by atoms with Crippen LogP contribution in [0.15, 0.2) is 36.5 Å². The fraction of sp³-hybridized carbons (Fsp3) is 0.450. The molecule has 0 atom stereocenters. The highest BCUT2D eigenvalue weighted by Crippen LogP contribution is 2.19. The van der Waals surface area contributed by atoms with E-state index < -0.39 is 5.60 Å². The lowest BCUT2D eigenvalue weighted by molar-refractivity contribution is 0.0240. The summed E-state index contributed by atoms with van der Waals surface area (Å²) in [6, 6.07) is 9.39. The van der Waals surface area contributed by atoms with Crippen molar-refractivity contribution >= 4 is 17.7 Å². The van der Waals surface area contributed by atoms with E-state index >= 15 is 0 Å². The van der Waals surface area contributed by atoms with E-state index in [1.165, 1.54) is 0 Å². The topological polar surface area (TPSA) is 67.7 Å². The molecule has 2 aromatic heterocycles. The van der Waals surface area contributed by atoms with E-state index in [0.29, 0.717) is 37.7 Å². The summed E-state index contributed by atoms with van der Waals surface area (Å²) < 4.78 is 7.23. The molecule has 0 aliphatic carbocycles. The molecule has 3 rings (SSSR count). The predicted molar refractivity (Wildman–Crippen MR) is 104 cm³/mol. The van der Waals surface area contributed by atoms with E-state index in [2.05, 4.69) is 4.90 Å². The van der Waals surface area contributed by atoms with Crippen LogP contribution in [0.5, 0.6) is 0 Å². The molecule has 0 unspecified atom stereocenters. The number of amides is 1. The third-order valence-electron chi connectivity index (χ3n) is 4.33. The minimum absolute atomic E-state index is 0.00169. The number of hydrogen-bond donors (Lipinski definition) is 0. The Bertz CT molecular complexity index is 830. The molecular weight excluding hydrogens is 344 g/mol. The van der Waals surface area contributed by atoms with Crippen LogP contribution in [0.1, 0.15) is 38.2 Å². The van der Waals surface area contributed by atoms with Gasteiger partial charge in [-0.05, 0) is 45.0 Å². The second kappa shape index (κ2) is 7.42. The van der Waals surface area contributed by atoms with Gasteiger partial charge in [-0.1, -0.05) is 6.07 Å². The highest BCUT2D eigenvalue weighted by atomic mass is 16.6. The Kier molecular flexibility index (Phi) is 5.21. The van der Waals surface area contributed by atoms with Crippen LogP contribution in [0, 0.1) is 0 Å². The molecule has 27 heavy (non-hydrogen) atoms. The van der Waals surface area contributed by atoms with Gasteiger partial charge >= 0.3 is 6.09 Å². The summed E-state index contributed by atoms with van der Waals surface area (Å²) in [5.41, 5.74) is 0.115. The number of rotatable bonds is 3. The molecule has 2 aromatic rings. The number of piperazine rings is 1. The van der Waals surface area contributed by atoms with Gasteiger partial charge in [-0.15, -0.1) is 0 Å². The fourth-order valence-corrected chi connectivity index (χ4v) is 3.03. The van der Waals surface area contributed by atoms with Gasteiger partial charge in [0.05, 0.1) is 5.69 Å². The quantitative estimate of drug-likeness (QED) is 0.777. The van der Waals surface area contributed by atoms with Crippen molar-refractivity contribution in [3.05, 3.63) is 42.2 Å². The van der Waals surface area contributed by atoms with Crippen molar-refractivity contribution in [2.24, 2.45) is 0 Å². The first-order chi connectivity index (χ1) is 12.7. The number of carbonyl (C=O) groups excluding carboxylic acids is 2. The Morgan fingerprint density at radius 2 is 1.67 bits per heavy atom. The van der Waals surface area contributed by atoms with E-state index in [4.69, 9.17) is 9.72 Å². The number of carbonyl (C=O) groups is 2. The number of nitrogens with zero attached hydrogens (tertiary/aromatic N) is 4. The molecule has 1 saturated heterocycles. The Labute approximate surface area is 159 Å². The molecule has 1 aliphatic heterocycles. The average molecular weight is 370 g/mol. The van der Waals surface area contributed by atoms with Gasteiger partial charge < -0.3 is 14.5 Å². The van der Waals surface area contributed by atoms with Crippen molar-refractivity contribution in [3.63, 3.8) is 0 Å². The summed E-state index contributed by atoms with van der Waals surface area (Å²) in [6.07, 6.45) is 1.56. The summed E-state index contributed by atoms with van der Waals surface area (Å²) in [5, 5.41) is 0. The zero-order valence-electron chi connectivity index (χ0n) is 16.3. The Morgan fingerprint density at radius 1 is 1.00 bits per heavy atom. The lowest BCUT2D eigenvalue weighted by Crippen LogP contribution is -2.50. The summed E-state index contributed by atoms with van der Waals surface area (Å²) in [7, 11) is 0. The molecule has 0 aromatic carbocycles. The van der Waals surface area contributed by atoms with E-state index in [0.717, 1.165) is 5.82 Å². The van der Waals surface area contributed by atoms with Crippen LogP contribution in [-0.4, -0.2) is 58.1 Å². The minimum Gasteiger partial charge on any atom is -0.444 e. The molecule has 1 fully saturated rings. The molecule has 0 N–H and O–H groups in total. The first-order valence-electron chi connectivity index (χ1n) is 9.13. The first kappa shape index (κ1) is 18.9. The SMILES string of the molecule is CC(=O)c1cccn1-c1cccc(N2CCN(C(=O)OC(C)(C)C)CC2)n1. The Balaban J connectivity index is 1.70. The lowest BCUT2D eigenvalue weighted by atomic mass is 10.2. The van der Waals surface area contributed by atoms with Gasteiger partial charge in [0.15, 0.2) is 5.78 Å². The third kappa shape index (κ3) is 4.48. The lowest BCUT2D eigenvalue weighted by Gasteiger charge is -2.36. The van der Waals surface area contributed by atoms with E-state index in [-0.39, 0.29) is 11.9 Å². The number of hydrogen-bond acceptors (Lipinski definition) is 5. The molecule has 1 amide bonds. The van der Waals surface area contributed by atoms with Crippen LogP contribution in [0.4, 0.5) is 10.6 Å². The summed E-state index contributed by atoms with van der Waals surface area (Å²) in [6.45, 7) is 9.69. The number of Topliss-reactive ketones (excluding diaryl/α,β-unsaturated/α-hetero) is 1. The minimum atomic E-state index is -0.491. The van der Waals surface area contributed by atoms with Gasteiger partial charge in [-0.3, -0.25) is 9.36 Å². The van der Waals surface area contributed by atoms with Crippen LogP contribution >= 0.6 is 0 Å². The molecule has 0 saturated carbocycles. The highest BCUT2D eigenvalue weighted by Gasteiger charge is 2.26. The average Bonchev–Trinajstić information content (AvgIpc) is 3.11. The number of ether oxygens (including phenoxy) is 1. The van der Waals surface area contributed by atoms with Crippen molar-refractivity contribution in [2.75, 3.05) is 31.1 Å². The number of ketones is 1. The zero-order valence-corrected chi connectivity index (χ0v) is 16.3. The van der Waals surface area contributed by atoms with Crippen molar-refractivity contribution in [3.8, 4) is 5.82 Å². The fourth-order valence-electron chi connectivity index (χ4n) is 3.03. The van der Waals surface area contributed by atoms with Gasteiger partial charge in [-0.25, -0.2) is 9.78 Å². The summed E-state index contributed by atoms with van der Waals surface area (Å²) >= 11 is 0. The van der Waals surface area contributed by atoms with Crippen molar-refractivity contribution in [1.29, 1.82) is 0 Å².